The van der Waals surface area contributed by atoms with Crippen LogP contribution in [0.4, 0.5) is 22.0 Å². The van der Waals surface area contributed by atoms with Gasteiger partial charge in [-0.3, -0.25) is 4.79 Å². The Morgan fingerprint density at radius 3 is 2.39 bits per heavy atom. The molecule has 1 N–H and O–H groups in total. The Morgan fingerprint density at radius 2 is 1.75 bits per heavy atom. The lowest BCUT2D eigenvalue weighted by molar-refractivity contribution is -0.145. The van der Waals surface area contributed by atoms with Crippen LogP contribution in [0.3, 0.4) is 0 Å². The van der Waals surface area contributed by atoms with Gasteiger partial charge in [0.25, 0.3) is 0 Å². The third-order valence-electron chi connectivity index (χ3n) is 5.30. The fraction of sp³-hybridized carbons (Fsp3) is 0.286. The monoisotopic (exact) mass is 528 g/mol. The van der Waals surface area contributed by atoms with E-state index in [2.05, 4.69) is 25.3 Å². The van der Waals surface area contributed by atoms with Gasteiger partial charge in [0.15, 0.2) is 0 Å². The maximum Gasteiger partial charge on any atom is 0.451 e. The van der Waals surface area contributed by atoms with E-state index in [9.17, 15) is 35.2 Å². The number of alkyl halides is 4. The zero-order valence-electron chi connectivity index (χ0n) is 18.2. The standard InChI is InChI=1S/C21H17F5N6O3S/c22-13-1-3-16(4-2-13)36(34,35)32-10-14(23)5-18(32)19(33)27-9-15-6-17(31-11-30-15)12-7-28-20(29-8-12)21(24,25)26/h1-4,6-8,11,14,18H,5,9-10H2,(H,27,33). The van der Waals surface area contributed by atoms with E-state index in [1.807, 2.05) is 0 Å². The molecule has 0 saturated carbocycles. The number of hydrogen-bond acceptors (Lipinski definition) is 7. The highest BCUT2D eigenvalue weighted by atomic mass is 32.2. The first kappa shape index (κ1) is 25.5. The van der Waals surface area contributed by atoms with Crippen molar-refractivity contribution in [2.75, 3.05) is 6.54 Å². The molecule has 9 nitrogen and oxygen atoms in total. The number of carbonyl (C=O) groups excluding carboxylic acids is 1. The van der Waals surface area contributed by atoms with Crippen molar-refractivity contribution in [3.63, 3.8) is 0 Å². The molecule has 1 aliphatic heterocycles. The molecule has 1 saturated heterocycles. The summed E-state index contributed by atoms with van der Waals surface area (Å²) >= 11 is 0. The summed E-state index contributed by atoms with van der Waals surface area (Å²) in [6.45, 7) is -0.739. The lowest BCUT2D eigenvalue weighted by atomic mass is 10.2. The minimum absolute atomic E-state index is 0.172. The van der Waals surface area contributed by atoms with E-state index in [1.54, 1.807) is 0 Å². The van der Waals surface area contributed by atoms with Gasteiger partial charge in [0, 0.05) is 30.9 Å². The first-order chi connectivity index (χ1) is 16.9. The molecule has 3 aromatic rings. The molecule has 3 heterocycles. The molecule has 2 atom stereocenters. The quantitative estimate of drug-likeness (QED) is 0.489. The summed E-state index contributed by atoms with van der Waals surface area (Å²) in [5.74, 6) is -2.74. The fourth-order valence-corrected chi connectivity index (χ4v) is 5.18. The predicted molar refractivity (Wildman–Crippen MR) is 113 cm³/mol. The van der Waals surface area contributed by atoms with Gasteiger partial charge in [0.2, 0.25) is 21.8 Å². The molecule has 0 bridgehead atoms. The maximum absolute atomic E-state index is 14.2. The van der Waals surface area contributed by atoms with Crippen LogP contribution in [0.15, 0.2) is 53.9 Å². The Balaban J connectivity index is 1.46. The molecule has 190 valence electrons. The van der Waals surface area contributed by atoms with Crippen molar-refractivity contribution in [1.82, 2.24) is 29.6 Å². The molecule has 1 aliphatic rings. The van der Waals surface area contributed by atoms with Crippen molar-refractivity contribution in [2.45, 2.75) is 36.3 Å². The van der Waals surface area contributed by atoms with E-state index in [0.717, 1.165) is 47.3 Å². The number of nitrogens with one attached hydrogen (secondary N) is 1. The summed E-state index contributed by atoms with van der Waals surface area (Å²) < 4.78 is 91.9. The minimum atomic E-state index is -4.70. The van der Waals surface area contributed by atoms with Crippen LogP contribution >= 0.6 is 0 Å². The number of amides is 1. The Labute approximate surface area is 201 Å². The zero-order chi connectivity index (χ0) is 26.1. The Kier molecular flexibility index (Phi) is 6.95. The number of nitrogens with zero attached hydrogens (tertiary/aromatic N) is 5. The van der Waals surface area contributed by atoms with Crippen LogP contribution in [-0.2, 0) is 27.5 Å². The Hall–Kier alpha value is -3.59. The average Bonchev–Trinajstić information content (AvgIpc) is 3.25. The summed E-state index contributed by atoms with van der Waals surface area (Å²) in [7, 11) is -4.28. The van der Waals surface area contributed by atoms with Crippen molar-refractivity contribution < 1.29 is 35.2 Å². The Morgan fingerprint density at radius 1 is 1.08 bits per heavy atom. The van der Waals surface area contributed by atoms with Gasteiger partial charge in [-0.15, -0.1) is 0 Å². The number of rotatable bonds is 6. The summed E-state index contributed by atoms with van der Waals surface area (Å²) in [4.78, 5) is 27.0. The lowest BCUT2D eigenvalue weighted by Gasteiger charge is -2.23. The third kappa shape index (κ3) is 5.46. The SMILES string of the molecule is O=C(NCc1cc(-c2cnc(C(F)(F)F)nc2)ncn1)C1CC(F)CN1S(=O)(=O)c1ccc(F)cc1. The van der Waals surface area contributed by atoms with E-state index in [-0.39, 0.29) is 34.8 Å². The van der Waals surface area contributed by atoms with E-state index in [1.165, 1.54) is 6.07 Å². The molecule has 36 heavy (non-hydrogen) atoms. The van der Waals surface area contributed by atoms with E-state index in [0.29, 0.717) is 0 Å². The van der Waals surface area contributed by atoms with Gasteiger partial charge in [-0.05, 0) is 30.3 Å². The second-order valence-electron chi connectivity index (χ2n) is 7.78. The highest BCUT2D eigenvalue weighted by molar-refractivity contribution is 7.89. The predicted octanol–water partition coefficient (Wildman–Crippen LogP) is 2.51. The van der Waals surface area contributed by atoms with Crippen molar-refractivity contribution >= 4 is 15.9 Å². The van der Waals surface area contributed by atoms with E-state index < -0.39 is 52.5 Å². The van der Waals surface area contributed by atoms with Crippen LogP contribution in [0.25, 0.3) is 11.3 Å². The maximum atomic E-state index is 14.2. The first-order valence-electron chi connectivity index (χ1n) is 10.3. The molecule has 1 fully saturated rings. The van der Waals surface area contributed by atoms with Crippen LogP contribution in [0, 0.1) is 5.82 Å². The number of hydrogen-bond donors (Lipinski definition) is 1. The number of halogens is 5. The normalized spacial score (nSPS) is 18.8. The van der Waals surface area contributed by atoms with E-state index >= 15 is 0 Å². The molecule has 0 spiro atoms. The second kappa shape index (κ2) is 9.81. The van der Waals surface area contributed by atoms with Crippen molar-refractivity contribution in [3.8, 4) is 11.3 Å². The van der Waals surface area contributed by atoms with Crippen LogP contribution < -0.4 is 5.32 Å². The summed E-state index contributed by atoms with van der Waals surface area (Å²) in [5, 5.41) is 2.49. The molecular formula is C21H17F5N6O3S. The van der Waals surface area contributed by atoms with Crippen LogP contribution in [0.2, 0.25) is 0 Å². The molecule has 15 heteroatoms. The second-order valence-corrected chi connectivity index (χ2v) is 9.67. The van der Waals surface area contributed by atoms with Crippen molar-refractivity contribution in [2.24, 2.45) is 0 Å². The topological polar surface area (TPSA) is 118 Å². The molecule has 4 rings (SSSR count). The van der Waals surface area contributed by atoms with Crippen LogP contribution in [-0.4, -0.2) is 57.3 Å². The van der Waals surface area contributed by atoms with Gasteiger partial charge in [0.05, 0.1) is 22.8 Å². The summed E-state index contributed by atoms with van der Waals surface area (Å²) in [5.41, 5.74) is 0.606. The van der Waals surface area contributed by atoms with Gasteiger partial charge in [0.1, 0.15) is 24.4 Å². The van der Waals surface area contributed by atoms with Gasteiger partial charge < -0.3 is 5.32 Å². The van der Waals surface area contributed by atoms with Crippen molar-refractivity contribution in [1.29, 1.82) is 0 Å². The summed E-state index contributed by atoms with van der Waals surface area (Å²) in [6, 6.07) is 3.97. The number of carbonyl (C=O) groups is 1. The number of benzene rings is 1. The molecule has 1 amide bonds. The largest absolute Gasteiger partial charge is 0.451 e. The van der Waals surface area contributed by atoms with Gasteiger partial charge in [-0.1, -0.05) is 0 Å². The molecule has 0 radical (unpaired) electrons. The third-order valence-corrected chi connectivity index (χ3v) is 7.19. The molecule has 2 unspecified atom stereocenters. The zero-order valence-corrected chi connectivity index (χ0v) is 19.0. The van der Waals surface area contributed by atoms with Gasteiger partial charge >= 0.3 is 6.18 Å². The number of sulfonamides is 1. The van der Waals surface area contributed by atoms with E-state index in [4.69, 9.17) is 0 Å². The van der Waals surface area contributed by atoms with Gasteiger partial charge in [-0.2, -0.15) is 17.5 Å². The highest BCUT2D eigenvalue weighted by Gasteiger charge is 2.44. The summed E-state index contributed by atoms with van der Waals surface area (Å²) in [6.07, 6.45) is -3.65. The molecule has 0 aliphatic carbocycles. The molecule has 1 aromatic carbocycles. The van der Waals surface area contributed by atoms with Crippen molar-refractivity contribution in [3.05, 3.63) is 66.4 Å². The molecule has 2 aromatic heterocycles. The lowest BCUT2D eigenvalue weighted by Crippen LogP contribution is -2.45. The molecular weight excluding hydrogens is 511 g/mol. The number of aromatic nitrogens is 4. The fourth-order valence-electron chi connectivity index (χ4n) is 3.56. The van der Waals surface area contributed by atoms with Crippen LogP contribution in [0.1, 0.15) is 17.9 Å². The minimum Gasteiger partial charge on any atom is -0.349 e. The average molecular weight is 528 g/mol. The highest BCUT2D eigenvalue weighted by Crippen LogP contribution is 2.29. The Bertz CT molecular complexity index is 1350. The smallest absolute Gasteiger partial charge is 0.349 e. The van der Waals surface area contributed by atoms with Crippen LogP contribution in [0.5, 0.6) is 0 Å². The first-order valence-corrected chi connectivity index (χ1v) is 11.8. The van der Waals surface area contributed by atoms with Gasteiger partial charge in [-0.25, -0.2) is 37.1 Å².